The quantitative estimate of drug-likeness (QED) is 0.438. The molecule has 0 spiro atoms. The van der Waals surface area contributed by atoms with Gasteiger partial charge in [-0.1, -0.05) is 90.5 Å². The van der Waals surface area contributed by atoms with Crippen LogP contribution in [0.2, 0.25) is 0 Å². The van der Waals surface area contributed by atoms with Crippen LogP contribution in [-0.4, -0.2) is 12.4 Å². The Hall–Kier alpha value is -2.46. The summed E-state index contributed by atoms with van der Waals surface area (Å²) < 4.78 is 19.2. The molecule has 2 unspecified atom stereocenters. The summed E-state index contributed by atoms with van der Waals surface area (Å²) in [5, 5.41) is 0. The van der Waals surface area contributed by atoms with Gasteiger partial charge in [0, 0.05) is 6.42 Å². The molecule has 3 nitrogen and oxygen atoms in total. The maximum absolute atomic E-state index is 6.63. The van der Waals surface area contributed by atoms with E-state index in [0.29, 0.717) is 19.8 Å². The van der Waals surface area contributed by atoms with Crippen molar-refractivity contribution in [3.63, 3.8) is 0 Å². The third-order valence-electron chi connectivity index (χ3n) is 5.57. The van der Waals surface area contributed by atoms with Crippen molar-refractivity contribution in [1.82, 2.24) is 0 Å². The van der Waals surface area contributed by atoms with E-state index in [4.69, 9.17) is 14.2 Å². The average Bonchev–Trinajstić information content (AvgIpc) is 2.79. The van der Waals surface area contributed by atoms with Crippen molar-refractivity contribution in [1.29, 1.82) is 0 Å². The second-order valence-corrected chi connectivity index (χ2v) is 8.08. The maximum Gasteiger partial charge on any atom is 0.192 e. The first-order valence-corrected chi connectivity index (χ1v) is 10.8. The van der Waals surface area contributed by atoms with Gasteiger partial charge in [-0.2, -0.15) is 0 Å². The van der Waals surface area contributed by atoms with Crippen molar-refractivity contribution in [3.05, 3.63) is 107 Å². The molecular weight excluding hydrogens is 372 g/mol. The first-order chi connectivity index (χ1) is 14.7. The zero-order valence-electron chi connectivity index (χ0n) is 17.6. The van der Waals surface area contributed by atoms with Crippen LogP contribution < -0.4 is 0 Å². The lowest BCUT2D eigenvalue weighted by Crippen LogP contribution is -2.44. The van der Waals surface area contributed by atoms with E-state index in [2.05, 4.69) is 55.5 Å². The molecule has 156 valence electrons. The number of hydrogen-bond donors (Lipinski definition) is 0. The summed E-state index contributed by atoms with van der Waals surface area (Å²) in [6.07, 6.45) is 2.90. The van der Waals surface area contributed by atoms with E-state index in [1.165, 1.54) is 11.1 Å². The predicted octanol–water partition coefficient (Wildman–Crippen LogP) is 6.37. The zero-order chi connectivity index (χ0) is 20.7. The van der Waals surface area contributed by atoms with Gasteiger partial charge in [-0.15, -0.1) is 0 Å². The molecule has 3 heteroatoms. The molecule has 1 fully saturated rings. The molecule has 2 atom stereocenters. The van der Waals surface area contributed by atoms with E-state index in [0.717, 1.165) is 30.4 Å². The molecular formula is C27H30O3. The molecule has 0 amide bonds. The Morgan fingerprint density at radius 2 is 1.57 bits per heavy atom. The summed E-state index contributed by atoms with van der Waals surface area (Å²) in [4.78, 5) is 0. The first-order valence-electron chi connectivity index (χ1n) is 10.8. The highest BCUT2D eigenvalue weighted by atomic mass is 16.7. The second kappa shape index (κ2) is 10.0. The van der Waals surface area contributed by atoms with Gasteiger partial charge in [0.25, 0.3) is 0 Å². The molecule has 0 radical (unpaired) electrons. The largest absolute Gasteiger partial charge is 0.371 e. The Bertz CT molecular complexity index is 910. The Morgan fingerprint density at radius 3 is 2.27 bits per heavy atom. The van der Waals surface area contributed by atoms with Gasteiger partial charge in [-0.05, 0) is 36.5 Å². The van der Waals surface area contributed by atoms with Crippen molar-refractivity contribution < 1.29 is 14.2 Å². The number of benzene rings is 3. The Labute approximate surface area is 179 Å². The van der Waals surface area contributed by atoms with E-state index < -0.39 is 5.79 Å². The van der Waals surface area contributed by atoms with Crippen LogP contribution in [0.15, 0.2) is 84.9 Å². The van der Waals surface area contributed by atoms with Gasteiger partial charge in [0.05, 0.1) is 19.3 Å². The summed E-state index contributed by atoms with van der Waals surface area (Å²) in [6, 6.07) is 29.1. The number of rotatable bonds is 8. The minimum absolute atomic E-state index is 0.0229. The van der Waals surface area contributed by atoms with Crippen LogP contribution in [0, 0.1) is 6.92 Å². The predicted molar refractivity (Wildman–Crippen MR) is 119 cm³/mol. The maximum atomic E-state index is 6.63. The summed E-state index contributed by atoms with van der Waals surface area (Å²) in [6.45, 7) is 3.59. The van der Waals surface area contributed by atoms with Crippen LogP contribution >= 0.6 is 0 Å². The summed E-state index contributed by atoms with van der Waals surface area (Å²) in [7, 11) is 0. The van der Waals surface area contributed by atoms with Crippen molar-refractivity contribution in [3.8, 4) is 0 Å². The molecule has 3 aromatic rings. The third kappa shape index (κ3) is 5.57. The highest BCUT2D eigenvalue weighted by Crippen LogP contribution is 2.39. The highest BCUT2D eigenvalue weighted by molar-refractivity contribution is 5.24. The van der Waals surface area contributed by atoms with Gasteiger partial charge < -0.3 is 14.2 Å². The molecule has 1 aliphatic rings. The Balaban J connectivity index is 1.48. The summed E-state index contributed by atoms with van der Waals surface area (Å²) >= 11 is 0. The van der Waals surface area contributed by atoms with Crippen LogP contribution in [0.3, 0.4) is 0 Å². The topological polar surface area (TPSA) is 27.7 Å². The molecule has 0 bridgehead atoms. The molecule has 1 saturated heterocycles. The molecule has 1 heterocycles. The van der Waals surface area contributed by atoms with Gasteiger partial charge >= 0.3 is 0 Å². The molecule has 0 saturated carbocycles. The molecule has 0 aromatic heterocycles. The van der Waals surface area contributed by atoms with Crippen molar-refractivity contribution in [2.24, 2.45) is 0 Å². The van der Waals surface area contributed by atoms with Crippen molar-refractivity contribution in [2.75, 3.05) is 6.61 Å². The molecule has 0 aliphatic carbocycles. The first kappa shape index (κ1) is 20.8. The second-order valence-electron chi connectivity index (χ2n) is 8.08. The van der Waals surface area contributed by atoms with E-state index >= 15 is 0 Å². The van der Waals surface area contributed by atoms with Crippen LogP contribution in [0.4, 0.5) is 0 Å². The molecule has 0 N–H and O–H groups in total. The van der Waals surface area contributed by atoms with E-state index in [1.807, 2.05) is 36.4 Å². The van der Waals surface area contributed by atoms with E-state index in [1.54, 1.807) is 0 Å². The van der Waals surface area contributed by atoms with Gasteiger partial charge in [0.15, 0.2) is 5.79 Å². The average molecular weight is 403 g/mol. The molecule has 4 rings (SSSR count). The van der Waals surface area contributed by atoms with Crippen LogP contribution in [-0.2, 0) is 27.4 Å². The normalized spacial score (nSPS) is 21.4. The lowest BCUT2D eigenvalue weighted by atomic mass is 9.95. The molecule has 1 aliphatic heterocycles. The molecule has 30 heavy (non-hydrogen) atoms. The third-order valence-corrected chi connectivity index (χ3v) is 5.57. The van der Waals surface area contributed by atoms with Crippen LogP contribution in [0.1, 0.15) is 47.6 Å². The SMILES string of the molecule is Cc1cccc(C2CCCC(COCc3ccccc3)(OCc3ccccc3)O2)c1. The number of hydrogen-bond acceptors (Lipinski definition) is 3. The number of ether oxygens (including phenoxy) is 3. The minimum atomic E-state index is -0.739. The highest BCUT2D eigenvalue weighted by Gasteiger charge is 2.39. The van der Waals surface area contributed by atoms with Crippen molar-refractivity contribution >= 4 is 0 Å². The van der Waals surface area contributed by atoms with Gasteiger partial charge in [-0.25, -0.2) is 0 Å². The number of aryl methyl sites for hydroxylation is 1. The Morgan fingerprint density at radius 1 is 0.867 bits per heavy atom. The zero-order valence-corrected chi connectivity index (χ0v) is 17.6. The summed E-state index contributed by atoms with van der Waals surface area (Å²) in [5.74, 6) is -0.739. The van der Waals surface area contributed by atoms with Crippen LogP contribution in [0.25, 0.3) is 0 Å². The van der Waals surface area contributed by atoms with Gasteiger partial charge in [0.1, 0.15) is 6.61 Å². The fraction of sp³-hybridized carbons (Fsp3) is 0.333. The molecule has 3 aromatic carbocycles. The van der Waals surface area contributed by atoms with Gasteiger partial charge in [0.2, 0.25) is 0 Å². The Kier molecular flexibility index (Phi) is 6.96. The fourth-order valence-electron chi connectivity index (χ4n) is 3.98. The smallest absolute Gasteiger partial charge is 0.192 e. The lowest BCUT2D eigenvalue weighted by Gasteiger charge is -2.41. The van der Waals surface area contributed by atoms with E-state index in [9.17, 15) is 0 Å². The summed E-state index contributed by atoms with van der Waals surface area (Å²) in [5.41, 5.74) is 4.76. The van der Waals surface area contributed by atoms with Crippen LogP contribution in [0.5, 0.6) is 0 Å². The van der Waals surface area contributed by atoms with E-state index in [-0.39, 0.29) is 6.10 Å². The monoisotopic (exact) mass is 402 g/mol. The standard InChI is InChI=1S/C27H30O3/c1-22-10-8-15-25(18-22)26-16-9-17-27(30-26,29-20-24-13-6-3-7-14-24)21-28-19-23-11-4-2-5-12-23/h2-8,10-15,18,26H,9,16-17,19-21H2,1H3. The van der Waals surface area contributed by atoms with Gasteiger partial charge in [-0.3, -0.25) is 0 Å². The fourth-order valence-corrected chi connectivity index (χ4v) is 3.98. The van der Waals surface area contributed by atoms with Crippen molar-refractivity contribution in [2.45, 2.75) is 51.3 Å². The minimum Gasteiger partial charge on any atom is -0.371 e. The lowest BCUT2D eigenvalue weighted by molar-refractivity contribution is -0.307.